The smallest absolute Gasteiger partial charge is 0.106 e. The maximum Gasteiger partial charge on any atom is 0.106 e. The van der Waals surface area contributed by atoms with Crippen LogP contribution >= 0.6 is 12.2 Å². The van der Waals surface area contributed by atoms with Gasteiger partial charge in [0.1, 0.15) is 4.99 Å². The van der Waals surface area contributed by atoms with Gasteiger partial charge in [-0.3, -0.25) is 4.98 Å². The van der Waals surface area contributed by atoms with Crippen LogP contribution in [-0.2, 0) is 0 Å². The number of anilines is 1. The highest BCUT2D eigenvalue weighted by Gasteiger charge is 2.09. The van der Waals surface area contributed by atoms with Crippen LogP contribution in [0.1, 0.15) is 18.9 Å². The molecule has 0 saturated carbocycles. The molecule has 0 aromatic carbocycles. The van der Waals surface area contributed by atoms with Gasteiger partial charge in [0.05, 0.1) is 18.0 Å². The molecule has 0 fully saturated rings. The lowest BCUT2D eigenvalue weighted by Gasteiger charge is -2.22. The minimum atomic E-state index is -0.313. The molecule has 0 aliphatic heterocycles. The SMILES string of the molecule is CC(O)CCN(C)c1cnccc1C(N)=S. The fraction of sp³-hybridized carbons (Fsp3) is 0.455. The maximum atomic E-state index is 9.23. The van der Waals surface area contributed by atoms with Crippen LogP contribution in [0.3, 0.4) is 0 Å². The van der Waals surface area contributed by atoms with Gasteiger partial charge < -0.3 is 15.7 Å². The number of thiocarbonyl (C=S) groups is 1. The Hall–Kier alpha value is -1.20. The minimum Gasteiger partial charge on any atom is -0.393 e. The molecule has 0 aliphatic rings. The van der Waals surface area contributed by atoms with Gasteiger partial charge in [-0.2, -0.15) is 0 Å². The number of aliphatic hydroxyl groups is 1. The molecule has 0 spiro atoms. The van der Waals surface area contributed by atoms with E-state index >= 15 is 0 Å². The number of pyridine rings is 1. The summed E-state index contributed by atoms with van der Waals surface area (Å²) in [6, 6.07) is 1.80. The zero-order valence-corrected chi connectivity index (χ0v) is 10.4. The van der Waals surface area contributed by atoms with Gasteiger partial charge in [0.15, 0.2) is 0 Å². The van der Waals surface area contributed by atoms with Gasteiger partial charge in [-0.05, 0) is 19.4 Å². The average molecular weight is 239 g/mol. The first-order valence-electron chi connectivity index (χ1n) is 5.15. The minimum absolute atomic E-state index is 0.313. The monoisotopic (exact) mass is 239 g/mol. The Morgan fingerprint density at radius 2 is 2.38 bits per heavy atom. The van der Waals surface area contributed by atoms with Gasteiger partial charge in [0.25, 0.3) is 0 Å². The van der Waals surface area contributed by atoms with Crippen molar-refractivity contribution in [3.63, 3.8) is 0 Å². The van der Waals surface area contributed by atoms with E-state index in [2.05, 4.69) is 4.98 Å². The number of rotatable bonds is 5. The van der Waals surface area contributed by atoms with Crippen LogP contribution in [0.2, 0.25) is 0 Å². The standard InChI is InChI=1S/C11H17N3OS/c1-8(15)4-6-14(2)10-7-13-5-3-9(10)11(12)16/h3,5,7-8,15H,4,6H2,1-2H3,(H2,12,16). The Labute approximate surface area is 101 Å². The van der Waals surface area contributed by atoms with Crippen molar-refractivity contribution in [2.45, 2.75) is 19.4 Å². The Bertz CT molecular complexity index is 368. The van der Waals surface area contributed by atoms with E-state index in [0.717, 1.165) is 17.8 Å². The molecule has 88 valence electrons. The molecule has 1 aromatic rings. The lowest BCUT2D eigenvalue weighted by molar-refractivity contribution is 0.187. The van der Waals surface area contributed by atoms with Crippen molar-refractivity contribution in [1.29, 1.82) is 0 Å². The number of nitrogens with zero attached hydrogens (tertiary/aromatic N) is 2. The molecule has 0 bridgehead atoms. The molecule has 0 amide bonds. The molecule has 1 atom stereocenters. The van der Waals surface area contributed by atoms with Crippen molar-refractivity contribution in [3.05, 3.63) is 24.0 Å². The van der Waals surface area contributed by atoms with Crippen molar-refractivity contribution in [3.8, 4) is 0 Å². The molecule has 1 aromatic heterocycles. The summed E-state index contributed by atoms with van der Waals surface area (Å²) in [5, 5.41) is 9.23. The Morgan fingerprint density at radius 3 is 2.94 bits per heavy atom. The molecule has 1 heterocycles. The van der Waals surface area contributed by atoms with E-state index < -0.39 is 0 Å². The van der Waals surface area contributed by atoms with Gasteiger partial charge >= 0.3 is 0 Å². The molecule has 1 unspecified atom stereocenters. The summed E-state index contributed by atoms with van der Waals surface area (Å²) in [6.07, 6.45) is 3.78. The highest BCUT2D eigenvalue weighted by Crippen LogP contribution is 2.17. The van der Waals surface area contributed by atoms with Crippen LogP contribution in [0.5, 0.6) is 0 Å². The summed E-state index contributed by atoms with van der Waals surface area (Å²) in [4.78, 5) is 6.41. The predicted octanol–water partition coefficient (Wildman–Crippen LogP) is 0.923. The largest absolute Gasteiger partial charge is 0.393 e. The first-order chi connectivity index (χ1) is 7.52. The van der Waals surface area contributed by atoms with Crippen molar-refractivity contribution in [1.82, 2.24) is 4.98 Å². The second kappa shape index (κ2) is 5.77. The molecular formula is C11H17N3OS. The summed E-state index contributed by atoms with van der Waals surface area (Å²) < 4.78 is 0. The third kappa shape index (κ3) is 3.43. The quantitative estimate of drug-likeness (QED) is 0.748. The predicted molar refractivity (Wildman–Crippen MR) is 69.7 cm³/mol. The molecule has 0 saturated heterocycles. The van der Waals surface area contributed by atoms with E-state index in [1.807, 2.05) is 11.9 Å². The Morgan fingerprint density at radius 1 is 1.69 bits per heavy atom. The van der Waals surface area contributed by atoms with Gasteiger partial charge in [0, 0.05) is 25.4 Å². The molecule has 0 radical (unpaired) electrons. The molecule has 5 heteroatoms. The van der Waals surface area contributed by atoms with Crippen molar-refractivity contribution in [2.24, 2.45) is 5.73 Å². The van der Waals surface area contributed by atoms with E-state index in [-0.39, 0.29) is 6.10 Å². The van der Waals surface area contributed by atoms with Crippen LogP contribution in [-0.4, -0.2) is 34.8 Å². The van der Waals surface area contributed by atoms with Gasteiger partial charge in [-0.1, -0.05) is 12.2 Å². The third-order valence-electron chi connectivity index (χ3n) is 2.36. The van der Waals surface area contributed by atoms with Gasteiger partial charge in [-0.15, -0.1) is 0 Å². The molecule has 3 N–H and O–H groups in total. The lowest BCUT2D eigenvalue weighted by atomic mass is 10.2. The van der Waals surface area contributed by atoms with Crippen LogP contribution in [0.25, 0.3) is 0 Å². The molecular weight excluding hydrogens is 222 g/mol. The molecule has 0 aliphatic carbocycles. The summed E-state index contributed by atoms with van der Waals surface area (Å²) in [5.74, 6) is 0. The maximum absolute atomic E-state index is 9.23. The first-order valence-corrected chi connectivity index (χ1v) is 5.56. The van der Waals surface area contributed by atoms with Gasteiger partial charge in [0.2, 0.25) is 0 Å². The Kier molecular flexibility index (Phi) is 4.64. The summed E-state index contributed by atoms with van der Waals surface area (Å²) >= 11 is 4.98. The average Bonchev–Trinajstić information content (AvgIpc) is 2.25. The summed E-state index contributed by atoms with van der Waals surface area (Å²) in [5.41, 5.74) is 7.35. The van der Waals surface area contributed by atoms with Crippen molar-refractivity contribution >= 4 is 22.9 Å². The van der Waals surface area contributed by atoms with E-state index in [1.165, 1.54) is 0 Å². The summed E-state index contributed by atoms with van der Waals surface area (Å²) in [7, 11) is 1.93. The van der Waals surface area contributed by atoms with E-state index in [0.29, 0.717) is 11.4 Å². The number of aliphatic hydroxyl groups excluding tert-OH is 1. The number of nitrogens with two attached hydrogens (primary N) is 1. The topological polar surface area (TPSA) is 62.4 Å². The van der Waals surface area contributed by atoms with E-state index in [4.69, 9.17) is 18.0 Å². The zero-order valence-electron chi connectivity index (χ0n) is 9.55. The normalized spacial score (nSPS) is 12.2. The van der Waals surface area contributed by atoms with E-state index in [1.54, 1.807) is 25.4 Å². The van der Waals surface area contributed by atoms with Crippen molar-refractivity contribution < 1.29 is 5.11 Å². The second-order valence-electron chi connectivity index (χ2n) is 3.82. The third-order valence-corrected chi connectivity index (χ3v) is 2.58. The van der Waals surface area contributed by atoms with Crippen LogP contribution < -0.4 is 10.6 Å². The number of hydrogen-bond acceptors (Lipinski definition) is 4. The Balaban J connectivity index is 2.82. The number of hydrogen-bond donors (Lipinski definition) is 2. The van der Waals surface area contributed by atoms with Crippen LogP contribution in [0, 0.1) is 0 Å². The van der Waals surface area contributed by atoms with E-state index in [9.17, 15) is 5.11 Å². The second-order valence-corrected chi connectivity index (χ2v) is 4.26. The highest BCUT2D eigenvalue weighted by atomic mass is 32.1. The number of aromatic nitrogens is 1. The highest BCUT2D eigenvalue weighted by molar-refractivity contribution is 7.80. The molecule has 4 nitrogen and oxygen atoms in total. The van der Waals surface area contributed by atoms with Crippen molar-refractivity contribution in [2.75, 3.05) is 18.5 Å². The molecule has 16 heavy (non-hydrogen) atoms. The lowest BCUT2D eigenvalue weighted by Crippen LogP contribution is -2.25. The van der Waals surface area contributed by atoms with Crippen LogP contribution in [0.15, 0.2) is 18.5 Å². The van der Waals surface area contributed by atoms with Gasteiger partial charge in [-0.25, -0.2) is 0 Å². The summed E-state index contributed by atoms with van der Waals surface area (Å²) in [6.45, 7) is 2.50. The van der Waals surface area contributed by atoms with Crippen LogP contribution in [0.4, 0.5) is 5.69 Å². The molecule has 1 rings (SSSR count). The first kappa shape index (κ1) is 12.9. The fourth-order valence-corrected chi connectivity index (χ4v) is 1.57. The fourth-order valence-electron chi connectivity index (χ4n) is 1.40. The zero-order chi connectivity index (χ0) is 12.1.